The fourth-order valence-corrected chi connectivity index (χ4v) is 3.61. The molecule has 0 saturated carbocycles. The molecule has 2 atom stereocenters. The van der Waals surface area contributed by atoms with E-state index in [4.69, 9.17) is 0 Å². The van der Waals surface area contributed by atoms with E-state index >= 15 is 0 Å². The van der Waals surface area contributed by atoms with Crippen LogP contribution in [0.25, 0.3) is 0 Å². The third-order valence-corrected chi connectivity index (χ3v) is 4.98. The van der Waals surface area contributed by atoms with Crippen molar-refractivity contribution < 1.29 is 9.18 Å². The average molecular weight is 340 g/mol. The zero-order valence-electron chi connectivity index (χ0n) is 14.6. The molecule has 3 rings (SSSR count). The van der Waals surface area contributed by atoms with Gasteiger partial charge in [-0.2, -0.15) is 0 Å². The van der Waals surface area contributed by atoms with Gasteiger partial charge in [0.05, 0.1) is 0 Å². The van der Waals surface area contributed by atoms with Crippen LogP contribution in [0.1, 0.15) is 24.5 Å². The lowest BCUT2D eigenvalue weighted by atomic mass is 9.86. The maximum atomic E-state index is 13.4. The second kappa shape index (κ2) is 8.26. The van der Waals surface area contributed by atoms with E-state index in [0.29, 0.717) is 18.5 Å². The van der Waals surface area contributed by atoms with Crippen LogP contribution < -0.4 is 5.32 Å². The Labute approximate surface area is 148 Å². The van der Waals surface area contributed by atoms with Crippen LogP contribution in [0.2, 0.25) is 0 Å². The summed E-state index contributed by atoms with van der Waals surface area (Å²) in [7, 11) is 0. The molecule has 4 heteroatoms. The molecule has 25 heavy (non-hydrogen) atoms. The number of hydrogen-bond donors (Lipinski definition) is 1. The maximum absolute atomic E-state index is 13.4. The summed E-state index contributed by atoms with van der Waals surface area (Å²) in [4.78, 5) is 13.7. The molecular weight excluding hydrogens is 315 g/mol. The fourth-order valence-electron chi connectivity index (χ4n) is 3.61. The Balaban J connectivity index is 1.67. The van der Waals surface area contributed by atoms with Crippen LogP contribution in [0.5, 0.6) is 0 Å². The summed E-state index contributed by atoms with van der Waals surface area (Å²) in [6.07, 6.45) is 1.86. The summed E-state index contributed by atoms with van der Waals surface area (Å²) in [6, 6.07) is 17.4. The minimum atomic E-state index is -0.202. The standard InChI is InChI=1S/C21H25FN2O/c1-16(25)24-11-10-21(23-14-18-8-5-9-20(22)13-18)19(15-24)12-17-6-3-2-4-7-17/h2-9,13,19,21,23H,10-12,14-15H2,1H3/t19-,21+/m1/s1. The lowest BCUT2D eigenvalue weighted by Gasteiger charge is -2.39. The molecule has 1 saturated heterocycles. The predicted molar refractivity (Wildman–Crippen MR) is 97.5 cm³/mol. The molecule has 0 aliphatic carbocycles. The smallest absolute Gasteiger partial charge is 0.219 e. The molecule has 1 fully saturated rings. The molecule has 0 spiro atoms. The van der Waals surface area contributed by atoms with E-state index in [1.165, 1.54) is 11.6 Å². The van der Waals surface area contributed by atoms with Crippen LogP contribution in [0, 0.1) is 11.7 Å². The van der Waals surface area contributed by atoms with Crippen molar-refractivity contribution in [1.82, 2.24) is 10.2 Å². The number of carbonyl (C=O) groups excluding carboxylic acids is 1. The molecular formula is C21H25FN2O. The molecule has 2 aromatic carbocycles. The van der Waals surface area contributed by atoms with Crippen LogP contribution in [-0.4, -0.2) is 29.9 Å². The van der Waals surface area contributed by atoms with Gasteiger partial charge in [-0.25, -0.2) is 4.39 Å². The van der Waals surface area contributed by atoms with E-state index in [1.807, 2.05) is 17.0 Å². The Morgan fingerprint density at radius 3 is 2.64 bits per heavy atom. The molecule has 0 aromatic heterocycles. The topological polar surface area (TPSA) is 32.3 Å². The first kappa shape index (κ1) is 17.6. The molecule has 1 aliphatic rings. The van der Waals surface area contributed by atoms with Crippen LogP contribution in [0.15, 0.2) is 54.6 Å². The molecule has 3 nitrogen and oxygen atoms in total. The van der Waals surface area contributed by atoms with E-state index in [2.05, 4.69) is 29.6 Å². The predicted octanol–water partition coefficient (Wildman–Crippen LogP) is 3.40. The van der Waals surface area contributed by atoms with Crippen molar-refractivity contribution in [3.05, 3.63) is 71.5 Å². The van der Waals surface area contributed by atoms with Gasteiger partial charge < -0.3 is 10.2 Å². The number of rotatable bonds is 5. The first-order valence-corrected chi connectivity index (χ1v) is 8.89. The van der Waals surface area contributed by atoms with E-state index in [0.717, 1.165) is 31.5 Å². The van der Waals surface area contributed by atoms with Crippen molar-refractivity contribution in [3.63, 3.8) is 0 Å². The lowest BCUT2D eigenvalue weighted by Crippen LogP contribution is -2.51. The molecule has 0 radical (unpaired) electrons. The molecule has 0 bridgehead atoms. The quantitative estimate of drug-likeness (QED) is 0.905. The van der Waals surface area contributed by atoms with Crippen molar-refractivity contribution in [1.29, 1.82) is 0 Å². The number of benzene rings is 2. The fraction of sp³-hybridized carbons (Fsp3) is 0.381. The highest BCUT2D eigenvalue weighted by Crippen LogP contribution is 2.22. The number of hydrogen-bond acceptors (Lipinski definition) is 2. The number of carbonyl (C=O) groups is 1. The molecule has 132 valence electrons. The average Bonchev–Trinajstić information content (AvgIpc) is 2.61. The molecule has 0 unspecified atom stereocenters. The van der Waals surface area contributed by atoms with Gasteiger partial charge in [-0.05, 0) is 42.0 Å². The van der Waals surface area contributed by atoms with Crippen molar-refractivity contribution in [3.8, 4) is 0 Å². The largest absolute Gasteiger partial charge is 0.343 e. The Bertz CT molecular complexity index is 704. The van der Waals surface area contributed by atoms with Gasteiger partial charge >= 0.3 is 0 Å². The Hall–Kier alpha value is -2.20. The highest BCUT2D eigenvalue weighted by atomic mass is 19.1. The summed E-state index contributed by atoms with van der Waals surface area (Å²) in [6.45, 7) is 3.83. The van der Waals surface area contributed by atoms with Crippen molar-refractivity contribution in [2.24, 2.45) is 5.92 Å². The van der Waals surface area contributed by atoms with Crippen LogP contribution in [-0.2, 0) is 17.8 Å². The molecule has 1 aliphatic heterocycles. The van der Waals surface area contributed by atoms with Crippen LogP contribution >= 0.6 is 0 Å². The second-order valence-corrected chi connectivity index (χ2v) is 6.82. The molecule has 1 amide bonds. The maximum Gasteiger partial charge on any atom is 0.219 e. The normalized spacial score (nSPS) is 20.5. The van der Waals surface area contributed by atoms with Gasteiger partial charge in [-0.1, -0.05) is 42.5 Å². The Kier molecular flexibility index (Phi) is 5.82. The summed E-state index contributed by atoms with van der Waals surface area (Å²) in [5.41, 5.74) is 2.24. The summed E-state index contributed by atoms with van der Waals surface area (Å²) < 4.78 is 13.4. The number of halogens is 1. The number of likely N-dealkylation sites (tertiary alicyclic amines) is 1. The molecule has 2 aromatic rings. The number of piperidine rings is 1. The number of amides is 1. The zero-order valence-corrected chi connectivity index (χ0v) is 14.6. The lowest BCUT2D eigenvalue weighted by molar-refractivity contribution is -0.131. The van der Waals surface area contributed by atoms with Gasteiger partial charge in [0.25, 0.3) is 0 Å². The highest BCUT2D eigenvalue weighted by Gasteiger charge is 2.30. The van der Waals surface area contributed by atoms with Crippen LogP contribution in [0.3, 0.4) is 0 Å². The Morgan fingerprint density at radius 1 is 1.16 bits per heavy atom. The van der Waals surface area contributed by atoms with Gasteiger partial charge in [0.1, 0.15) is 5.82 Å². The first-order chi connectivity index (χ1) is 12.1. The monoisotopic (exact) mass is 340 g/mol. The van der Waals surface area contributed by atoms with E-state index in [9.17, 15) is 9.18 Å². The zero-order chi connectivity index (χ0) is 17.6. The summed E-state index contributed by atoms with van der Waals surface area (Å²) in [5.74, 6) is 0.293. The molecule has 1 N–H and O–H groups in total. The first-order valence-electron chi connectivity index (χ1n) is 8.89. The summed E-state index contributed by atoms with van der Waals surface area (Å²) in [5, 5.41) is 3.59. The minimum Gasteiger partial charge on any atom is -0.343 e. The van der Waals surface area contributed by atoms with Crippen molar-refractivity contribution >= 4 is 5.91 Å². The van der Waals surface area contributed by atoms with E-state index in [-0.39, 0.29) is 11.7 Å². The second-order valence-electron chi connectivity index (χ2n) is 6.82. The molecule has 1 heterocycles. The van der Waals surface area contributed by atoms with Gasteiger partial charge in [0.15, 0.2) is 0 Å². The van der Waals surface area contributed by atoms with Gasteiger partial charge in [-0.15, -0.1) is 0 Å². The van der Waals surface area contributed by atoms with E-state index in [1.54, 1.807) is 19.1 Å². The highest BCUT2D eigenvalue weighted by molar-refractivity contribution is 5.73. The van der Waals surface area contributed by atoms with Gasteiger partial charge in [0, 0.05) is 32.6 Å². The number of nitrogens with zero attached hydrogens (tertiary/aromatic N) is 1. The van der Waals surface area contributed by atoms with Crippen LogP contribution in [0.4, 0.5) is 4.39 Å². The minimum absolute atomic E-state index is 0.140. The third-order valence-electron chi connectivity index (χ3n) is 4.98. The van der Waals surface area contributed by atoms with Gasteiger partial charge in [0.2, 0.25) is 5.91 Å². The SMILES string of the molecule is CC(=O)N1CC[C@H](NCc2cccc(F)c2)[C@H](Cc2ccccc2)C1. The van der Waals surface area contributed by atoms with Crippen molar-refractivity contribution in [2.45, 2.75) is 32.4 Å². The summed E-state index contributed by atoms with van der Waals surface area (Å²) >= 11 is 0. The number of nitrogens with one attached hydrogen (secondary N) is 1. The van der Waals surface area contributed by atoms with E-state index < -0.39 is 0 Å². The van der Waals surface area contributed by atoms with Gasteiger partial charge in [-0.3, -0.25) is 4.79 Å². The Morgan fingerprint density at radius 2 is 1.92 bits per heavy atom. The van der Waals surface area contributed by atoms with Crippen molar-refractivity contribution in [2.75, 3.05) is 13.1 Å². The third kappa shape index (κ3) is 4.89.